The van der Waals surface area contributed by atoms with Crippen molar-refractivity contribution in [1.29, 1.82) is 0 Å². The summed E-state index contributed by atoms with van der Waals surface area (Å²) in [6.07, 6.45) is 0. The molecule has 0 saturated heterocycles. The highest BCUT2D eigenvalue weighted by molar-refractivity contribution is 14.1. The lowest BCUT2D eigenvalue weighted by atomic mass is 10.1. The number of hydrogen-bond donors (Lipinski definition) is 1. The normalized spacial score (nSPS) is 12.9. The van der Waals surface area contributed by atoms with Gasteiger partial charge in [0.15, 0.2) is 0 Å². The number of rotatable bonds is 3. The molecule has 0 saturated carbocycles. The summed E-state index contributed by atoms with van der Waals surface area (Å²) in [5, 5.41) is 0. The van der Waals surface area contributed by atoms with E-state index in [-0.39, 0.29) is 11.9 Å². The van der Waals surface area contributed by atoms with Crippen molar-refractivity contribution in [2.24, 2.45) is 5.73 Å². The van der Waals surface area contributed by atoms with Gasteiger partial charge in [-0.3, -0.25) is 0 Å². The molecule has 0 aliphatic carbocycles. The van der Waals surface area contributed by atoms with Crippen LogP contribution in [0, 0.1) is 9.39 Å². The lowest BCUT2D eigenvalue weighted by Crippen LogP contribution is -2.16. The monoisotopic (exact) mass is 295 g/mol. The van der Waals surface area contributed by atoms with Gasteiger partial charge in [0.25, 0.3) is 0 Å². The van der Waals surface area contributed by atoms with Crippen LogP contribution in [0.2, 0.25) is 0 Å². The number of benzene rings is 1. The van der Waals surface area contributed by atoms with Crippen molar-refractivity contribution in [1.82, 2.24) is 0 Å². The quantitative estimate of drug-likeness (QED) is 0.867. The van der Waals surface area contributed by atoms with Crippen LogP contribution in [0.4, 0.5) is 4.39 Å². The Bertz CT molecular complexity index is 273. The Labute approximate surface area is 90.4 Å². The standard InChI is InChI=1S/C9H11FINO/c1-13-5-9(12)6-2-7(10)4-8(11)3-6/h2-4,9H,5,12H2,1H3. The fourth-order valence-corrected chi connectivity index (χ4v) is 1.72. The molecule has 0 radical (unpaired) electrons. The van der Waals surface area contributed by atoms with E-state index >= 15 is 0 Å². The molecule has 0 spiro atoms. The third kappa shape index (κ3) is 3.21. The van der Waals surface area contributed by atoms with Crippen LogP contribution in [0.15, 0.2) is 18.2 Å². The van der Waals surface area contributed by atoms with Crippen LogP contribution < -0.4 is 5.73 Å². The van der Waals surface area contributed by atoms with Crippen LogP contribution in [-0.4, -0.2) is 13.7 Å². The number of nitrogens with two attached hydrogens (primary N) is 1. The third-order valence-electron chi connectivity index (χ3n) is 1.66. The molecule has 1 rings (SSSR count). The van der Waals surface area contributed by atoms with Gasteiger partial charge >= 0.3 is 0 Å². The lowest BCUT2D eigenvalue weighted by Gasteiger charge is -2.10. The van der Waals surface area contributed by atoms with Crippen LogP contribution >= 0.6 is 22.6 Å². The SMILES string of the molecule is COCC(N)c1cc(F)cc(I)c1. The average Bonchev–Trinajstić information content (AvgIpc) is 2.03. The molecule has 0 aromatic heterocycles. The van der Waals surface area contributed by atoms with E-state index in [1.165, 1.54) is 12.1 Å². The lowest BCUT2D eigenvalue weighted by molar-refractivity contribution is 0.181. The van der Waals surface area contributed by atoms with E-state index in [1.54, 1.807) is 7.11 Å². The minimum atomic E-state index is -0.256. The summed E-state index contributed by atoms with van der Waals surface area (Å²) in [6.45, 7) is 0.402. The van der Waals surface area contributed by atoms with Crippen molar-refractivity contribution in [3.63, 3.8) is 0 Å². The van der Waals surface area contributed by atoms with Gasteiger partial charge in [-0.15, -0.1) is 0 Å². The predicted molar refractivity (Wildman–Crippen MR) is 57.9 cm³/mol. The van der Waals surface area contributed by atoms with Gasteiger partial charge in [-0.2, -0.15) is 0 Å². The molecular formula is C9H11FINO. The van der Waals surface area contributed by atoms with E-state index in [1.807, 2.05) is 6.07 Å². The largest absolute Gasteiger partial charge is 0.383 e. The first-order valence-corrected chi connectivity index (χ1v) is 4.92. The Kier molecular flexibility index (Phi) is 4.08. The first-order chi connectivity index (χ1) is 6.13. The molecule has 72 valence electrons. The van der Waals surface area contributed by atoms with Gasteiger partial charge in [-0.05, 0) is 46.4 Å². The van der Waals surface area contributed by atoms with Gasteiger partial charge in [0.1, 0.15) is 5.82 Å². The fraction of sp³-hybridized carbons (Fsp3) is 0.333. The van der Waals surface area contributed by atoms with Gasteiger partial charge in [0.2, 0.25) is 0 Å². The highest BCUT2D eigenvalue weighted by Gasteiger charge is 2.07. The molecule has 13 heavy (non-hydrogen) atoms. The number of halogens is 2. The van der Waals surface area contributed by atoms with Crippen LogP contribution in [0.5, 0.6) is 0 Å². The molecule has 1 aromatic rings. The fourth-order valence-electron chi connectivity index (χ4n) is 1.07. The molecule has 0 fully saturated rings. The van der Waals surface area contributed by atoms with E-state index in [9.17, 15) is 4.39 Å². The summed E-state index contributed by atoms with van der Waals surface area (Å²) in [6, 6.07) is 4.50. The van der Waals surface area contributed by atoms with Crippen molar-refractivity contribution in [2.45, 2.75) is 6.04 Å². The average molecular weight is 295 g/mol. The molecule has 1 unspecified atom stereocenters. The summed E-state index contributed by atoms with van der Waals surface area (Å²) in [4.78, 5) is 0. The Morgan fingerprint density at radius 1 is 1.54 bits per heavy atom. The second-order valence-electron chi connectivity index (χ2n) is 2.76. The Hall–Kier alpha value is -0.200. The zero-order valence-electron chi connectivity index (χ0n) is 7.26. The Morgan fingerprint density at radius 3 is 2.77 bits per heavy atom. The molecule has 1 aromatic carbocycles. The molecule has 1 atom stereocenters. The van der Waals surface area contributed by atoms with Crippen LogP contribution in [-0.2, 0) is 4.74 Å². The minimum absolute atomic E-state index is 0.255. The number of ether oxygens (including phenoxy) is 1. The van der Waals surface area contributed by atoms with Crippen molar-refractivity contribution in [2.75, 3.05) is 13.7 Å². The van der Waals surface area contributed by atoms with Crippen LogP contribution in [0.1, 0.15) is 11.6 Å². The predicted octanol–water partition coefficient (Wildman–Crippen LogP) is 2.08. The van der Waals surface area contributed by atoms with Crippen molar-refractivity contribution < 1.29 is 9.13 Å². The summed E-state index contributed by atoms with van der Waals surface area (Å²) in [5.41, 5.74) is 6.52. The summed E-state index contributed by atoms with van der Waals surface area (Å²) in [5.74, 6) is -0.256. The van der Waals surface area contributed by atoms with Gasteiger partial charge < -0.3 is 10.5 Å². The van der Waals surface area contributed by atoms with Gasteiger partial charge in [0.05, 0.1) is 12.6 Å². The molecule has 0 bridgehead atoms. The summed E-state index contributed by atoms with van der Waals surface area (Å²) >= 11 is 2.06. The van der Waals surface area contributed by atoms with Crippen molar-refractivity contribution in [3.05, 3.63) is 33.1 Å². The second-order valence-corrected chi connectivity index (χ2v) is 4.01. The van der Waals surface area contributed by atoms with Gasteiger partial charge in [-0.25, -0.2) is 4.39 Å². The molecular weight excluding hydrogens is 284 g/mol. The highest BCUT2D eigenvalue weighted by atomic mass is 127. The molecule has 2 N–H and O–H groups in total. The summed E-state index contributed by atoms with van der Waals surface area (Å²) in [7, 11) is 1.57. The van der Waals surface area contributed by atoms with E-state index in [0.29, 0.717) is 6.61 Å². The van der Waals surface area contributed by atoms with Crippen molar-refractivity contribution in [3.8, 4) is 0 Å². The molecule has 0 aliphatic heterocycles. The number of methoxy groups -OCH3 is 1. The van der Waals surface area contributed by atoms with Gasteiger partial charge in [-0.1, -0.05) is 0 Å². The van der Waals surface area contributed by atoms with Crippen LogP contribution in [0.3, 0.4) is 0 Å². The van der Waals surface area contributed by atoms with E-state index < -0.39 is 0 Å². The Morgan fingerprint density at radius 2 is 2.23 bits per heavy atom. The molecule has 0 heterocycles. The molecule has 0 aliphatic rings. The third-order valence-corrected chi connectivity index (χ3v) is 2.28. The minimum Gasteiger partial charge on any atom is -0.383 e. The van der Waals surface area contributed by atoms with Gasteiger partial charge in [0, 0.05) is 10.7 Å². The number of hydrogen-bond acceptors (Lipinski definition) is 2. The molecule has 0 amide bonds. The zero-order chi connectivity index (χ0) is 9.84. The van der Waals surface area contributed by atoms with E-state index in [4.69, 9.17) is 10.5 Å². The summed E-state index contributed by atoms with van der Waals surface area (Å²) < 4.78 is 18.7. The first kappa shape index (κ1) is 10.9. The molecule has 4 heteroatoms. The highest BCUT2D eigenvalue weighted by Crippen LogP contribution is 2.16. The van der Waals surface area contributed by atoms with E-state index in [0.717, 1.165) is 9.13 Å². The Balaban J connectivity index is 2.87. The van der Waals surface area contributed by atoms with Crippen LogP contribution in [0.25, 0.3) is 0 Å². The second kappa shape index (κ2) is 4.88. The first-order valence-electron chi connectivity index (χ1n) is 3.84. The smallest absolute Gasteiger partial charge is 0.124 e. The zero-order valence-corrected chi connectivity index (χ0v) is 9.42. The maximum absolute atomic E-state index is 12.9. The molecule has 2 nitrogen and oxygen atoms in total. The maximum atomic E-state index is 12.9. The topological polar surface area (TPSA) is 35.2 Å². The maximum Gasteiger partial charge on any atom is 0.124 e. The van der Waals surface area contributed by atoms with Crippen molar-refractivity contribution >= 4 is 22.6 Å². The van der Waals surface area contributed by atoms with E-state index in [2.05, 4.69) is 22.6 Å².